The van der Waals surface area contributed by atoms with Gasteiger partial charge in [-0.1, -0.05) is 45.4 Å². The lowest BCUT2D eigenvalue weighted by Gasteiger charge is -2.26. The first-order valence-electron chi connectivity index (χ1n) is 9.27. The van der Waals surface area contributed by atoms with Crippen molar-refractivity contribution in [3.63, 3.8) is 0 Å². The van der Waals surface area contributed by atoms with Gasteiger partial charge in [0, 0.05) is 41.7 Å². The fourth-order valence-corrected chi connectivity index (χ4v) is 3.25. The smallest absolute Gasteiger partial charge is 0.383 e. The third-order valence-electron chi connectivity index (χ3n) is 3.86. The van der Waals surface area contributed by atoms with Crippen molar-refractivity contribution >= 4 is 36.9 Å². The zero-order chi connectivity index (χ0) is 21.6. The summed E-state index contributed by atoms with van der Waals surface area (Å²) in [6, 6.07) is 0. The van der Waals surface area contributed by atoms with Crippen molar-refractivity contribution in [1.82, 2.24) is 10.6 Å². The second-order valence-corrected chi connectivity index (χ2v) is 8.86. The molecule has 0 aromatic rings. The Morgan fingerprint density at radius 1 is 1.14 bits per heavy atom. The van der Waals surface area contributed by atoms with Crippen LogP contribution in [-0.2, 0) is 23.5 Å². The normalized spacial score (nSPS) is 13.0. The van der Waals surface area contributed by atoms with Gasteiger partial charge in [0.1, 0.15) is 12.7 Å². The molecule has 9 nitrogen and oxygen atoms in total. The van der Waals surface area contributed by atoms with E-state index in [1.54, 1.807) is 0 Å². The molecule has 0 rings (SSSR count). The Hall–Kier alpha value is -1.06. The van der Waals surface area contributed by atoms with Crippen LogP contribution in [0.1, 0.15) is 52.9 Å². The number of thioether (sulfide) groups is 1. The van der Waals surface area contributed by atoms with Crippen LogP contribution in [0.3, 0.4) is 0 Å². The van der Waals surface area contributed by atoms with Crippen LogP contribution in [0, 0.1) is 5.41 Å². The second-order valence-electron chi connectivity index (χ2n) is 6.97. The largest absolute Gasteiger partial charge is 0.694 e. The maximum absolute atomic E-state index is 11.9. The number of nitrogens with one attached hydrogen (secondary N) is 2. The quantitative estimate of drug-likeness (QED) is 0.222. The Morgan fingerprint density at radius 3 is 2.43 bits per heavy atom. The molecule has 0 bridgehead atoms. The molecule has 0 aliphatic heterocycles. The number of carbonyl (C=O) groups excluding carboxylic acids is 3. The third-order valence-corrected chi connectivity index (χ3v) is 5.14. The van der Waals surface area contributed by atoms with Gasteiger partial charge in [-0.2, -0.15) is 0 Å². The van der Waals surface area contributed by atoms with E-state index in [0.717, 1.165) is 19.3 Å². The van der Waals surface area contributed by atoms with Gasteiger partial charge in [0.2, 0.25) is 11.8 Å². The van der Waals surface area contributed by atoms with E-state index in [1.807, 2.05) is 0 Å². The summed E-state index contributed by atoms with van der Waals surface area (Å²) in [5.74, 6) is -0.459. The van der Waals surface area contributed by atoms with Crippen LogP contribution in [0.5, 0.6) is 0 Å². The standard InChI is InChI=1S/C17H31N2O7PS/c1-4-5-6-7-14(21)28-11-10-18-13(20)8-9-19-16(23)15(22)17(2,3)12-26-27(24)25/h15,22H,4-12H2,1-3H3,(H2-,18,19,20,23,24,25)/p+1/t15-/m0/s1. The molecule has 0 aliphatic carbocycles. The molecule has 0 aromatic heterocycles. The second kappa shape index (κ2) is 14.9. The Bertz CT molecular complexity index is 532. The van der Waals surface area contributed by atoms with Gasteiger partial charge in [-0.3, -0.25) is 14.4 Å². The Morgan fingerprint density at radius 2 is 1.82 bits per heavy atom. The number of rotatable bonds is 15. The molecule has 0 radical (unpaired) electrons. The Kier molecular flexibility index (Phi) is 14.3. The first-order valence-corrected chi connectivity index (χ1v) is 11.4. The molecule has 0 saturated carbocycles. The van der Waals surface area contributed by atoms with Gasteiger partial charge >= 0.3 is 8.25 Å². The van der Waals surface area contributed by atoms with Gasteiger partial charge in [-0.15, -0.1) is 9.42 Å². The van der Waals surface area contributed by atoms with E-state index in [9.17, 15) is 24.1 Å². The highest BCUT2D eigenvalue weighted by Crippen LogP contribution is 2.26. The van der Waals surface area contributed by atoms with E-state index in [4.69, 9.17) is 4.89 Å². The summed E-state index contributed by atoms with van der Waals surface area (Å²) in [5, 5.41) is 15.3. The summed E-state index contributed by atoms with van der Waals surface area (Å²) in [4.78, 5) is 43.9. The molecule has 1 unspecified atom stereocenters. The number of carbonyl (C=O) groups is 3. The zero-order valence-corrected chi connectivity index (χ0v) is 18.4. The Balaban J connectivity index is 3.94. The van der Waals surface area contributed by atoms with E-state index < -0.39 is 25.7 Å². The van der Waals surface area contributed by atoms with Crippen molar-refractivity contribution in [2.75, 3.05) is 25.4 Å². The molecule has 2 atom stereocenters. The average Bonchev–Trinajstić information content (AvgIpc) is 2.63. The molecule has 0 fully saturated rings. The third kappa shape index (κ3) is 13.2. The minimum absolute atomic E-state index is 0.0347. The molecule has 0 saturated heterocycles. The molecule has 2 amide bonds. The molecule has 0 heterocycles. The highest BCUT2D eigenvalue weighted by Gasteiger charge is 2.36. The first kappa shape index (κ1) is 26.9. The summed E-state index contributed by atoms with van der Waals surface area (Å²) in [6.45, 7) is 5.24. The van der Waals surface area contributed by atoms with Crippen molar-refractivity contribution < 1.29 is 33.5 Å². The molecule has 4 N–H and O–H groups in total. The molecule has 0 aromatic carbocycles. The van der Waals surface area contributed by atoms with Crippen LogP contribution >= 0.6 is 20.0 Å². The maximum Gasteiger partial charge on any atom is 0.694 e. The number of aliphatic hydroxyl groups is 1. The van der Waals surface area contributed by atoms with Gasteiger partial charge in [-0.05, 0) is 6.42 Å². The van der Waals surface area contributed by atoms with Crippen LogP contribution in [0.2, 0.25) is 0 Å². The van der Waals surface area contributed by atoms with Gasteiger partial charge in [0.25, 0.3) is 0 Å². The summed E-state index contributed by atoms with van der Waals surface area (Å²) >= 11 is 1.20. The number of amides is 2. The molecular formula is C17H32N2O7PS+. The van der Waals surface area contributed by atoms with E-state index in [1.165, 1.54) is 25.6 Å². The van der Waals surface area contributed by atoms with Crippen LogP contribution < -0.4 is 10.6 Å². The van der Waals surface area contributed by atoms with Crippen molar-refractivity contribution in [1.29, 1.82) is 0 Å². The van der Waals surface area contributed by atoms with Gasteiger partial charge in [0.05, 0.1) is 0 Å². The number of hydrogen-bond acceptors (Lipinski definition) is 7. The van der Waals surface area contributed by atoms with Gasteiger partial charge < -0.3 is 15.7 Å². The van der Waals surface area contributed by atoms with E-state index >= 15 is 0 Å². The molecule has 11 heteroatoms. The van der Waals surface area contributed by atoms with Crippen molar-refractivity contribution in [2.45, 2.75) is 59.0 Å². The fraction of sp³-hybridized carbons (Fsp3) is 0.824. The highest BCUT2D eigenvalue weighted by molar-refractivity contribution is 8.13. The van der Waals surface area contributed by atoms with E-state index in [2.05, 4.69) is 22.1 Å². The lowest BCUT2D eigenvalue weighted by Crippen LogP contribution is -2.46. The zero-order valence-electron chi connectivity index (χ0n) is 16.7. The summed E-state index contributed by atoms with van der Waals surface area (Å²) in [7, 11) is -2.81. The number of hydrogen-bond donors (Lipinski definition) is 4. The van der Waals surface area contributed by atoms with Crippen molar-refractivity contribution in [2.24, 2.45) is 5.41 Å². The lowest BCUT2D eigenvalue weighted by atomic mass is 9.87. The summed E-state index contributed by atoms with van der Waals surface area (Å²) in [6.07, 6.45) is 2.12. The predicted octanol–water partition coefficient (Wildman–Crippen LogP) is 1.50. The molecule has 0 spiro atoms. The van der Waals surface area contributed by atoms with Crippen LogP contribution in [0.25, 0.3) is 0 Å². The minimum atomic E-state index is -2.81. The number of unbranched alkanes of at least 4 members (excludes halogenated alkanes) is 2. The number of aliphatic hydroxyl groups excluding tert-OH is 1. The highest BCUT2D eigenvalue weighted by atomic mass is 32.2. The lowest BCUT2D eigenvalue weighted by molar-refractivity contribution is -0.136. The average molecular weight is 439 g/mol. The van der Waals surface area contributed by atoms with Crippen LogP contribution in [0.15, 0.2) is 0 Å². The van der Waals surface area contributed by atoms with Crippen molar-refractivity contribution in [3.05, 3.63) is 0 Å². The van der Waals surface area contributed by atoms with Crippen LogP contribution in [-0.4, -0.2) is 58.5 Å². The predicted molar refractivity (Wildman–Crippen MR) is 108 cm³/mol. The topological polar surface area (TPSA) is 142 Å². The molecule has 28 heavy (non-hydrogen) atoms. The monoisotopic (exact) mass is 439 g/mol. The van der Waals surface area contributed by atoms with Crippen LogP contribution in [0.4, 0.5) is 0 Å². The maximum atomic E-state index is 11.9. The van der Waals surface area contributed by atoms with E-state index in [-0.39, 0.29) is 30.6 Å². The summed E-state index contributed by atoms with van der Waals surface area (Å²) in [5.41, 5.74) is -1.07. The van der Waals surface area contributed by atoms with Crippen molar-refractivity contribution in [3.8, 4) is 0 Å². The fourth-order valence-electron chi connectivity index (χ4n) is 2.09. The molecular weight excluding hydrogens is 407 g/mol. The molecule has 0 aliphatic rings. The minimum Gasteiger partial charge on any atom is -0.383 e. The SMILES string of the molecule is CCCCCC(=O)SCCNC(=O)CCNC(=O)[C@H](O)C(C)(C)CO[P+](=O)O. The van der Waals surface area contributed by atoms with Gasteiger partial charge in [-0.25, -0.2) is 0 Å². The van der Waals surface area contributed by atoms with Gasteiger partial charge in [0.15, 0.2) is 5.12 Å². The first-order chi connectivity index (χ1) is 13.1. The van der Waals surface area contributed by atoms with E-state index in [0.29, 0.717) is 18.7 Å². The Labute approximate surface area is 171 Å². The molecule has 162 valence electrons. The summed E-state index contributed by atoms with van der Waals surface area (Å²) < 4.78 is 15.1.